The summed E-state index contributed by atoms with van der Waals surface area (Å²) in [4.78, 5) is 11.3. The second-order valence-electron chi connectivity index (χ2n) is 2.40. The summed E-state index contributed by atoms with van der Waals surface area (Å²) in [5.74, 6) is -1.99. The summed E-state index contributed by atoms with van der Waals surface area (Å²) in [6, 6.07) is 0.708. The third-order valence-corrected chi connectivity index (χ3v) is 3.57. The van der Waals surface area contributed by atoms with Crippen LogP contribution < -0.4 is 0 Å². The number of hydrogen-bond acceptors (Lipinski definition) is 1. The Morgan fingerprint density at radius 2 is 1.64 bits per heavy atom. The molecule has 0 atom stereocenters. The number of alkyl halides is 1. The summed E-state index contributed by atoms with van der Waals surface area (Å²) in [6.45, 7) is 0. The molecule has 1 aromatic carbocycles. The van der Waals surface area contributed by atoms with Crippen LogP contribution in [0.5, 0.6) is 0 Å². The molecule has 0 aliphatic heterocycles. The monoisotopic (exact) mass is 390 g/mol. The van der Waals surface area contributed by atoms with Gasteiger partial charge in [0.15, 0.2) is 5.78 Å². The first-order chi connectivity index (χ1) is 6.49. The molecule has 14 heavy (non-hydrogen) atoms. The molecule has 0 unspecified atom stereocenters. The number of carbonyl (C=O) groups is 1. The molecule has 0 heterocycles. The van der Waals surface area contributed by atoms with Crippen molar-refractivity contribution in [3.63, 3.8) is 0 Å². The Balaban J connectivity index is 3.47. The smallest absolute Gasteiger partial charge is 0.175 e. The third-order valence-electron chi connectivity index (χ3n) is 1.51. The summed E-state index contributed by atoms with van der Waals surface area (Å²) in [7, 11) is 0. The van der Waals surface area contributed by atoms with Crippen LogP contribution >= 0.6 is 47.8 Å². The van der Waals surface area contributed by atoms with E-state index in [1.54, 1.807) is 0 Å². The highest BCUT2D eigenvalue weighted by atomic mass is 79.9. The van der Waals surface area contributed by atoms with Gasteiger partial charge in [-0.1, -0.05) is 15.9 Å². The average molecular weight is 393 g/mol. The van der Waals surface area contributed by atoms with Crippen LogP contribution in [0.15, 0.2) is 15.0 Å². The van der Waals surface area contributed by atoms with Crippen LogP contribution in [0.25, 0.3) is 0 Å². The molecule has 0 aliphatic carbocycles. The number of rotatable bonds is 2. The van der Waals surface area contributed by atoms with Crippen LogP contribution in [-0.4, -0.2) is 11.1 Å². The van der Waals surface area contributed by atoms with Crippen molar-refractivity contribution in [3.05, 3.63) is 32.2 Å². The minimum Gasteiger partial charge on any atom is -0.293 e. The van der Waals surface area contributed by atoms with E-state index < -0.39 is 17.4 Å². The number of carbonyl (C=O) groups excluding carboxylic acids is 1. The molecule has 0 amide bonds. The second-order valence-corrected chi connectivity index (χ2v) is 4.55. The summed E-state index contributed by atoms with van der Waals surface area (Å²) < 4.78 is 26.0. The van der Waals surface area contributed by atoms with E-state index in [-0.39, 0.29) is 19.8 Å². The Bertz CT molecular complexity index is 366. The number of benzene rings is 1. The normalized spacial score (nSPS) is 10.4. The van der Waals surface area contributed by atoms with Gasteiger partial charge in [0.2, 0.25) is 0 Å². The molecule has 0 N–H and O–H groups in total. The second kappa shape index (κ2) is 4.81. The quantitative estimate of drug-likeness (QED) is 0.421. The lowest BCUT2D eigenvalue weighted by atomic mass is 10.1. The maximum Gasteiger partial charge on any atom is 0.175 e. The first-order valence-electron chi connectivity index (χ1n) is 3.41. The van der Waals surface area contributed by atoms with E-state index in [4.69, 9.17) is 0 Å². The molecular weight excluding hydrogens is 390 g/mol. The van der Waals surface area contributed by atoms with Crippen LogP contribution in [0, 0.1) is 11.6 Å². The number of hydrogen-bond donors (Lipinski definition) is 0. The largest absolute Gasteiger partial charge is 0.293 e. The topological polar surface area (TPSA) is 17.1 Å². The molecule has 0 aliphatic rings. The van der Waals surface area contributed by atoms with Crippen molar-refractivity contribution in [1.82, 2.24) is 0 Å². The van der Waals surface area contributed by atoms with E-state index >= 15 is 0 Å². The molecule has 1 nitrogen and oxygen atoms in total. The molecule has 0 saturated heterocycles. The van der Waals surface area contributed by atoms with Gasteiger partial charge in [-0.05, 0) is 31.9 Å². The molecule has 1 rings (SSSR count). The fraction of sp³-hybridized carbons (Fsp3) is 0.125. The molecule has 0 aromatic heterocycles. The van der Waals surface area contributed by atoms with Crippen molar-refractivity contribution in [2.45, 2.75) is 0 Å². The van der Waals surface area contributed by atoms with Gasteiger partial charge in [0, 0.05) is 6.07 Å². The molecule has 1 aromatic rings. The van der Waals surface area contributed by atoms with Gasteiger partial charge >= 0.3 is 0 Å². The van der Waals surface area contributed by atoms with Gasteiger partial charge in [-0.3, -0.25) is 4.79 Å². The van der Waals surface area contributed by atoms with Gasteiger partial charge in [-0.2, -0.15) is 0 Å². The zero-order chi connectivity index (χ0) is 10.9. The van der Waals surface area contributed by atoms with Gasteiger partial charge in [0.05, 0.1) is 19.8 Å². The van der Waals surface area contributed by atoms with Gasteiger partial charge < -0.3 is 0 Å². The molecule has 6 heteroatoms. The summed E-state index contributed by atoms with van der Waals surface area (Å²) in [5.41, 5.74) is -0.0284. The molecule has 76 valence electrons. The highest BCUT2D eigenvalue weighted by Crippen LogP contribution is 2.31. The van der Waals surface area contributed by atoms with E-state index in [9.17, 15) is 13.6 Å². The lowest BCUT2D eigenvalue weighted by Gasteiger charge is -2.06. The molecule has 0 fully saturated rings. The van der Waals surface area contributed by atoms with Crippen molar-refractivity contribution in [3.8, 4) is 0 Å². The zero-order valence-electron chi connectivity index (χ0n) is 6.58. The fourth-order valence-electron chi connectivity index (χ4n) is 0.885. The number of ketones is 1. The number of halogens is 5. The molecular formula is C8H3Br3F2O. The SMILES string of the molecule is O=C(CBr)c1c(Br)c(F)cc(F)c1Br. The average Bonchev–Trinajstić information content (AvgIpc) is 2.15. The molecule has 0 radical (unpaired) electrons. The lowest BCUT2D eigenvalue weighted by Crippen LogP contribution is -2.05. The van der Waals surface area contributed by atoms with Crippen molar-refractivity contribution in [2.75, 3.05) is 5.33 Å². The predicted molar refractivity (Wildman–Crippen MR) is 59.9 cm³/mol. The van der Waals surface area contributed by atoms with Crippen LogP contribution in [0.4, 0.5) is 8.78 Å². The Labute approximate surface area is 104 Å². The summed E-state index contributed by atoms with van der Waals surface area (Å²) in [6.07, 6.45) is 0. The van der Waals surface area contributed by atoms with Gasteiger partial charge in [0.1, 0.15) is 11.6 Å². The van der Waals surface area contributed by atoms with Crippen molar-refractivity contribution in [2.24, 2.45) is 0 Å². The van der Waals surface area contributed by atoms with Crippen LogP contribution in [0.1, 0.15) is 10.4 Å². The van der Waals surface area contributed by atoms with Gasteiger partial charge in [-0.15, -0.1) is 0 Å². The Kier molecular flexibility index (Phi) is 4.21. The zero-order valence-corrected chi connectivity index (χ0v) is 11.3. The van der Waals surface area contributed by atoms with Crippen molar-refractivity contribution < 1.29 is 13.6 Å². The van der Waals surface area contributed by atoms with E-state index in [1.165, 1.54) is 0 Å². The highest BCUT2D eigenvalue weighted by Gasteiger charge is 2.19. The minimum absolute atomic E-state index is 0.00704. The lowest BCUT2D eigenvalue weighted by molar-refractivity contribution is 0.102. The fourth-order valence-corrected chi connectivity index (χ4v) is 2.50. The van der Waals surface area contributed by atoms with E-state index in [1.807, 2.05) is 0 Å². The molecule has 0 spiro atoms. The third kappa shape index (κ3) is 2.23. The van der Waals surface area contributed by atoms with Crippen molar-refractivity contribution >= 4 is 53.6 Å². The van der Waals surface area contributed by atoms with Gasteiger partial charge in [0.25, 0.3) is 0 Å². The first kappa shape index (κ1) is 12.3. The maximum absolute atomic E-state index is 13.0. The Hall–Kier alpha value is 0.190. The number of Topliss-reactive ketones (excluding diaryl/α,β-unsaturated/α-hetero) is 1. The first-order valence-corrected chi connectivity index (χ1v) is 6.12. The summed E-state index contributed by atoms with van der Waals surface area (Å²) in [5, 5.41) is 0.00704. The Morgan fingerprint density at radius 3 is 2.00 bits per heavy atom. The molecule has 0 saturated carbocycles. The van der Waals surface area contributed by atoms with Crippen LogP contribution in [-0.2, 0) is 0 Å². The molecule has 0 bridgehead atoms. The predicted octanol–water partition coefficient (Wildman–Crippen LogP) is 4.07. The Morgan fingerprint density at radius 1 is 1.21 bits per heavy atom. The maximum atomic E-state index is 13.0. The van der Waals surface area contributed by atoms with Gasteiger partial charge in [-0.25, -0.2) is 8.78 Å². The van der Waals surface area contributed by atoms with Crippen LogP contribution in [0.2, 0.25) is 0 Å². The standard InChI is InChI=1S/C8H3Br3F2O/c9-2-5(14)6-7(10)3(12)1-4(13)8(6)11/h1H,2H2. The highest BCUT2D eigenvalue weighted by molar-refractivity contribution is 9.11. The van der Waals surface area contributed by atoms with E-state index in [0.29, 0.717) is 6.07 Å². The minimum atomic E-state index is -0.796. The van der Waals surface area contributed by atoms with Crippen molar-refractivity contribution in [1.29, 1.82) is 0 Å². The van der Waals surface area contributed by atoms with E-state index in [2.05, 4.69) is 47.8 Å². The van der Waals surface area contributed by atoms with Crippen LogP contribution in [0.3, 0.4) is 0 Å². The van der Waals surface area contributed by atoms with E-state index in [0.717, 1.165) is 0 Å². The summed E-state index contributed by atoms with van der Waals surface area (Å²) >= 11 is 8.72.